The summed E-state index contributed by atoms with van der Waals surface area (Å²) in [6.07, 6.45) is 4.21. The minimum Gasteiger partial charge on any atom is -0.296 e. The number of benzene rings is 2. The van der Waals surface area contributed by atoms with Crippen molar-refractivity contribution in [1.82, 2.24) is 14.5 Å². The second-order valence-electron chi connectivity index (χ2n) is 5.86. The van der Waals surface area contributed by atoms with Crippen LogP contribution in [0.25, 0.3) is 15.9 Å². The lowest BCUT2D eigenvalue weighted by molar-refractivity contribution is 0.102. The second kappa shape index (κ2) is 6.60. The lowest BCUT2D eigenvalue weighted by atomic mass is 10.3. The molecule has 27 heavy (non-hydrogen) atoms. The van der Waals surface area contributed by atoms with Crippen molar-refractivity contribution >= 4 is 42.4 Å². The number of hydrogen-bond donors (Lipinski definition) is 1. The molecule has 4 aromatic rings. The van der Waals surface area contributed by atoms with Crippen LogP contribution in [0.1, 0.15) is 10.5 Å². The number of carbonyl (C=O) groups is 1. The van der Waals surface area contributed by atoms with Crippen molar-refractivity contribution in [1.29, 1.82) is 0 Å². The molecule has 0 aliphatic heterocycles. The number of para-hydroxylation sites is 1. The number of hydrogen-bond acceptors (Lipinski definition) is 6. The number of amides is 1. The third-order valence-corrected chi connectivity index (χ3v) is 5.96. The zero-order valence-electron chi connectivity index (χ0n) is 14.2. The predicted molar refractivity (Wildman–Crippen MR) is 104 cm³/mol. The highest BCUT2D eigenvalue weighted by Crippen LogP contribution is 2.28. The van der Waals surface area contributed by atoms with Gasteiger partial charge in [0, 0.05) is 11.9 Å². The molecule has 0 radical (unpaired) electrons. The van der Waals surface area contributed by atoms with E-state index in [1.54, 1.807) is 23.0 Å². The molecule has 1 N–H and O–H groups in total. The van der Waals surface area contributed by atoms with E-state index in [0.717, 1.165) is 11.9 Å². The molecular weight excluding hydrogens is 384 g/mol. The molecule has 0 saturated heterocycles. The summed E-state index contributed by atoms with van der Waals surface area (Å²) in [5.74, 6) is -0.348. The summed E-state index contributed by atoms with van der Waals surface area (Å²) >= 11 is 1.22. The van der Waals surface area contributed by atoms with Gasteiger partial charge in [-0.15, -0.1) is 0 Å². The monoisotopic (exact) mass is 398 g/mol. The van der Waals surface area contributed by atoms with Crippen LogP contribution in [0.3, 0.4) is 0 Å². The number of aromatic nitrogens is 3. The smallest absolute Gasteiger partial charge is 0.276 e. The van der Waals surface area contributed by atoms with Crippen LogP contribution in [-0.4, -0.2) is 35.1 Å². The van der Waals surface area contributed by atoms with Crippen molar-refractivity contribution in [3.05, 3.63) is 66.7 Å². The van der Waals surface area contributed by atoms with E-state index in [1.165, 1.54) is 23.6 Å². The fourth-order valence-electron chi connectivity index (χ4n) is 2.61. The van der Waals surface area contributed by atoms with Crippen molar-refractivity contribution in [2.75, 3.05) is 11.6 Å². The van der Waals surface area contributed by atoms with Gasteiger partial charge in [0.2, 0.25) is 0 Å². The maximum absolute atomic E-state index is 12.7. The Bertz CT molecular complexity index is 1240. The van der Waals surface area contributed by atoms with Crippen LogP contribution in [0, 0.1) is 0 Å². The van der Waals surface area contributed by atoms with E-state index < -0.39 is 9.84 Å². The van der Waals surface area contributed by atoms with E-state index in [-0.39, 0.29) is 10.8 Å². The lowest BCUT2D eigenvalue weighted by Crippen LogP contribution is -2.15. The predicted octanol–water partition coefficient (Wildman–Crippen LogP) is 3.14. The number of imidazole rings is 1. The SMILES string of the molecule is CS(=O)(=O)c1ccc2nc(NC(=O)c3cncn3-c3ccccc3)sc2c1. The number of thiazole rings is 1. The topological polar surface area (TPSA) is 93.9 Å². The van der Waals surface area contributed by atoms with E-state index in [1.807, 2.05) is 30.3 Å². The van der Waals surface area contributed by atoms with Crippen molar-refractivity contribution in [2.45, 2.75) is 4.90 Å². The first-order chi connectivity index (χ1) is 12.9. The van der Waals surface area contributed by atoms with E-state index in [4.69, 9.17) is 0 Å². The summed E-state index contributed by atoms with van der Waals surface area (Å²) < 4.78 is 25.8. The third kappa shape index (κ3) is 3.46. The van der Waals surface area contributed by atoms with E-state index >= 15 is 0 Å². The Morgan fingerprint density at radius 3 is 2.67 bits per heavy atom. The molecule has 4 rings (SSSR count). The number of sulfone groups is 1. The average molecular weight is 398 g/mol. The highest BCUT2D eigenvalue weighted by atomic mass is 32.2. The maximum atomic E-state index is 12.7. The highest BCUT2D eigenvalue weighted by molar-refractivity contribution is 7.90. The molecule has 0 spiro atoms. The van der Waals surface area contributed by atoms with Crippen molar-refractivity contribution < 1.29 is 13.2 Å². The van der Waals surface area contributed by atoms with E-state index in [9.17, 15) is 13.2 Å². The Hall–Kier alpha value is -3.04. The van der Waals surface area contributed by atoms with Gasteiger partial charge in [-0.3, -0.25) is 14.7 Å². The van der Waals surface area contributed by atoms with E-state index in [0.29, 0.717) is 21.0 Å². The van der Waals surface area contributed by atoms with Crippen molar-refractivity contribution in [2.24, 2.45) is 0 Å². The summed E-state index contributed by atoms with van der Waals surface area (Å²) in [5, 5.41) is 3.15. The standard InChI is InChI=1S/C18H14N4O3S2/c1-27(24,25)13-7-8-14-16(9-13)26-18(20-14)21-17(23)15-10-19-11-22(15)12-5-3-2-4-6-12/h2-11H,1H3,(H,20,21,23). The number of rotatable bonds is 4. The van der Waals surface area contributed by atoms with Gasteiger partial charge in [0.05, 0.1) is 27.6 Å². The Kier molecular flexibility index (Phi) is 4.25. The molecule has 1 amide bonds. The Morgan fingerprint density at radius 1 is 1.15 bits per heavy atom. The summed E-state index contributed by atoms with van der Waals surface area (Å²) in [5.41, 5.74) is 1.82. The molecular formula is C18H14N4O3S2. The molecule has 136 valence electrons. The molecule has 0 fully saturated rings. The fourth-order valence-corrected chi connectivity index (χ4v) is 4.23. The molecule has 0 aliphatic carbocycles. The Balaban J connectivity index is 1.63. The lowest BCUT2D eigenvalue weighted by Gasteiger charge is -2.07. The van der Waals surface area contributed by atoms with Gasteiger partial charge in [-0.25, -0.2) is 18.4 Å². The second-order valence-corrected chi connectivity index (χ2v) is 8.91. The molecule has 7 nitrogen and oxygen atoms in total. The number of nitrogens with zero attached hydrogens (tertiary/aromatic N) is 3. The average Bonchev–Trinajstić information content (AvgIpc) is 3.27. The molecule has 9 heteroatoms. The van der Waals surface area contributed by atoms with Gasteiger partial charge in [-0.2, -0.15) is 0 Å². The molecule has 0 unspecified atom stereocenters. The zero-order chi connectivity index (χ0) is 19.0. The van der Waals surface area contributed by atoms with E-state index in [2.05, 4.69) is 15.3 Å². The van der Waals surface area contributed by atoms with Crippen LogP contribution in [0.5, 0.6) is 0 Å². The van der Waals surface area contributed by atoms with Crippen LogP contribution < -0.4 is 5.32 Å². The molecule has 0 saturated carbocycles. The number of carbonyl (C=O) groups excluding carboxylic acids is 1. The van der Waals surface area contributed by atoms with Crippen molar-refractivity contribution in [3.8, 4) is 5.69 Å². The molecule has 0 bridgehead atoms. The summed E-state index contributed by atoms with van der Waals surface area (Å²) in [6, 6.07) is 14.1. The van der Waals surface area contributed by atoms with Gasteiger partial charge in [-0.1, -0.05) is 29.5 Å². The van der Waals surface area contributed by atoms with Crippen LogP contribution in [0.2, 0.25) is 0 Å². The summed E-state index contributed by atoms with van der Waals surface area (Å²) in [7, 11) is -3.30. The van der Waals surface area contributed by atoms with Crippen LogP contribution in [0.15, 0.2) is 66.0 Å². The molecule has 2 heterocycles. The van der Waals surface area contributed by atoms with Crippen LogP contribution in [0.4, 0.5) is 5.13 Å². The first-order valence-corrected chi connectivity index (χ1v) is 10.6. The number of anilines is 1. The first kappa shape index (κ1) is 17.4. The highest BCUT2D eigenvalue weighted by Gasteiger charge is 2.16. The van der Waals surface area contributed by atoms with Gasteiger partial charge in [0.1, 0.15) is 5.69 Å². The van der Waals surface area contributed by atoms with Gasteiger partial charge in [0.15, 0.2) is 15.0 Å². The van der Waals surface area contributed by atoms with Crippen LogP contribution in [-0.2, 0) is 9.84 Å². The molecule has 2 aromatic heterocycles. The normalized spacial score (nSPS) is 11.6. The number of fused-ring (bicyclic) bond motifs is 1. The molecule has 0 aliphatic rings. The minimum atomic E-state index is -3.30. The number of nitrogens with one attached hydrogen (secondary N) is 1. The van der Waals surface area contributed by atoms with Gasteiger partial charge in [0.25, 0.3) is 5.91 Å². The maximum Gasteiger partial charge on any atom is 0.276 e. The first-order valence-electron chi connectivity index (χ1n) is 7.91. The molecule has 0 atom stereocenters. The summed E-state index contributed by atoms with van der Waals surface area (Å²) in [4.78, 5) is 21.3. The summed E-state index contributed by atoms with van der Waals surface area (Å²) in [6.45, 7) is 0. The minimum absolute atomic E-state index is 0.221. The fraction of sp³-hybridized carbons (Fsp3) is 0.0556. The quantitative estimate of drug-likeness (QED) is 0.570. The van der Waals surface area contributed by atoms with Crippen LogP contribution >= 0.6 is 11.3 Å². The van der Waals surface area contributed by atoms with Gasteiger partial charge < -0.3 is 0 Å². The Labute approximate surface area is 159 Å². The third-order valence-electron chi connectivity index (χ3n) is 3.91. The van der Waals surface area contributed by atoms with Gasteiger partial charge in [-0.05, 0) is 30.3 Å². The Morgan fingerprint density at radius 2 is 1.93 bits per heavy atom. The van der Waals surface area contributed by atoms with Gasteiger partial charge >= 0.3 is 0 Å². The van der Waals surface area contributed by atoms with Crippen molar-refractivity contribution in [3.63, 3.8) is 0 Å². The zero-order valence-corrected chi connectivity index (χ0v) is 15.8. The molecule has 2 aromatic carbocycles. The largest absolute Gasteiger partial charge is 0.296 e.